The lowest BCUT2D eigenvalue weighted by atomic mass is 10.0. The van der Waals surface area contributed by atoms with Crippen LogP contribution in [-0.2, 0) is 13.5 Å². The minimum Gasteiger partial charge on any atom is -0.330 e. The largest absolute Gasteiger partial charge is 0.330 e. The molecule has 0 amide bonds. The quantitative estimate of drug-likeness (QED) is 0.854. The summed E-state index contributed by atoms with van der Waals surface area (Å²) in [6.45, 7) is 0.557. The zero-order valence-electron chi connectivity index (χ0n) is 9.15. The van der Waals surface area contributed by atoms with Crippen molar-refractivity contribution in [3.05, 3.63) is 42.0 Å². The first-order chi connectivity index (χ1) is 7.72. The van der Waals surface area contributed by atoms with Crippen molar-refractivity contribution < 1.29 is 4.39 Å². The smallest absolute Gasteiger partial charge is 0.123 e. The number of rotatable bonds is 3. The Balaban J connectivity index is 2.47. The van der Waals surface area contributed by atoms with Crippen molar-refractivity contribution in [2.45, 2.75) is 6.42 Å². The first-order valence-electron chi connectivity index (χ1n) is 5.19. The van der Waals surface area contributed by atoms with Gasteiger partial charge in [-0.25, -0.2) is 4.39 Å². The van der Waals surface area contributed by atoms with Crippen LogP contribution in [0.15, 0.2) is 30.5 Å². The fourth-order valence-corrected chi connectivity index (χ4v) is 1.79. The molecule has 1 aromatic carbocycles. The molecular formula is C12H14FN3. The van der Waals surface area contributed by atoms with Crippen LogP contribution >= 0.6 is 0 Å². The highest BCUT2D eigenvalue weighted by atomic mass is 19.1. The van der Waals surface area contributed by atoms with Crippen LogP contribution in [0.5, 0.6) is 0 Å². The van der Waals surface area contributed by atoms with E-state index in [1.54, 1.807) is 16.9 Å². The summed E-state index contributed by atoms with van der Waals surface area (Å²) in [7, 11) is 1.87. The summed E-state index contributed by atoms with van der Waals surface area (Å²) in [5.41, 5.74) is 8.38. The summed E-state index contributed by atoms with van der Waals surface area (Å²) in [5.74, 6) is -0.236. The summed E-state index contributed by atoms with van der Waals surface area (Å²) in [4.78, 5) is 0. The molecule has 0 aliphatic rings. The highest BCUT2D eigenvalue weighted by molar-refractivity contribution is 5.65. The van der Waals surface area contributed by atoms with Crippen LogP contribution in [0.3, 0.4) is 0 Å². The zero-order valence-corrected chi connectivity index (χ0v) is 9.15. The molecule has 0 aliphatic heterocycles. The average Bonchev–Trinajstić information content (AvgIpc) is 2.61. The van der Waals surface area contributed by atoms with Crippen molar-refractivity contribution in [2.24, 2.45) is 12.8 Å². The lowest BCUT2D eigenvalue weighted by Gasteiger charge is -2.04. The first-order valence-corrected chi connectivity index (χ1v) is 5.19. The van der Waals surface area contributed by atoms with E-state index in [2.05, 4.69) is 5.10 Å². The fraction of sp³-hybridized carbons (Fsp3) is 0.250. The minimum absolute atomic E-state index is 0.236. The molecule has 2 aromatic rings. The molecular weight excluding hydrogens is 205 g/mol. The van der Waals surface area contributed by atoms with Gasteiger partial charge in [0, 0.05) is 24.7 Å². The summed E-state index contributed by atoms with van der Waals surface area (Å²) in [5, 5.41) is 4.18. The van der Waals surface area contributed by atoms with Crippen LogP contribution in [0.4, 0.5) is 4.39 Å². The summed E-state index contributed by atoms with van der Waals surface area (Å²) in [6.07, 6.45) is 2.49. The van der Waals surface area contributed by atoms with Gasteiger partial charge in [0.25, 0.3) is 0 Å². The molecule has 0 spiro atoms. The second-order valence-electron chi connectivity index (χ2n) is 3.68. The fourth-order valence-electron chi connectivity index (χ4n) is 1.79. The number of nitrogens with two attached hydrogens (primary N) is 1. The third-order valence-corrected chi connectivity index (χ3v) is 2.58. The number of nitrogens with zero attached hydrogens (tertiary/aromatic N) is 2. The highest BCUT2D eigenvalue weighted by Crippen LogP contribution is 2.23. The van der Waals surface area contributed by atoms with Gasteiger partial charge >= 0.3 is 0 Å². The Labute approximate surface area is 93.7 Å². The van der Waals surface area contributed by atoms with Gasteiger partial charge in [-0.1, -0.05) is 12.1 Å². The number of aryl methyl sites for hydroxylation is 1. The van der Waals surface area contributed by atoms with E-state index in [1.165, 1.54) is 12.1 Å². The van der Waals surface area contributed by atoms with E-state index in [4.69, 9.17) is 5.73 Å². The van der Waals surface area contributed by atoms with E-state index < -0.39 is 0 Å². The van der Waals surface area contributed by atoms with E-state index in [0.717, 1.165) is 23.2 Å². The molecule has 0 aliphatic carbocycles. The van der Waals surface area contributed by atoms with Crippen molar-refractivity contribution in [3.8, 4) is 11.1 Å². The van der Waals surface area contributed by atoms with Gasteiger partial charge in [0.2, 0.25) is 0 Å². The van der Waals surface area contributed by atoms with Crippen molar-refractivity contribution in [2.75, 3.05) is 6.54 Å². The molecule has 84 valence electrons. The Kier molecular flexibility index (Phi) is 3.01. The lowest BCUT2D eigenvalue weighted by molar-refractivity contribution is 0.628. The number of halogens is 1. The van der Waals surface area contributed by atoms with Gasteiger partial charge in [-0.3, -0.25) is 4.68 Å². The monoisotopic (exact) mass is 219 g/mol. The average molecular weight is 219 g/mol. The summed E-state index contributed by atoms with van der Waals surface area (Å²) in [6, 6.07) is 6.52. The maximum Gasteiger partial charge on any atom is 0.123 e. The van der Waals surface area contributed by atoms with Crippen LogP contribution in [0, 0.1) is 5.82 Å². The third-order valence-electron chi connectivity index (χ3n) is 2.58. The van der Waals surface area contributed by atoms with Gasteiger partial charge in [0.15, 0.2) is 0 Å². The van der Waals surface area contributed by atoms with Gasteiger partial charge < -0.3 is 5.73 Å². The number of benzene rings is 1. The van der Waals surface area contributed by atoms with Crippen LogP contribution in [-0.4, -0.2) is 16.3 Å². The van der Waals surface area contributed by atoms with Gasteiger partial charge in [-0.05, 0) is 24.2 Å². The van der Waals surface area contributed by atoms with Crippen molar-refractivity contribution in [1.82, 2.24) is 9.78 Å². The zero-order chi connectivity index (χ0) is 11.5. The molecule has 0 radical (unpaired) electrons. The molecule has 4 heteroatoms. The van der Waals surface area contributed by atoms with Crippen molar-refractivity contribution >= 4 is 0 Å². The third kappa shape index (κ3) is 1.97. The van der Waals surface area contributed by atoms with Crippen molar-refractivity contribution in [3.63, 3.8) is 0 Å². The maximum absolute atomic E-state index is 13.1. The summed E-state index contributed by atoms with van der Waals surface area (Å²) < 4.78 is 14.9. The van der Waals surface area contributed by atoms with Crippen LogP contribution in [0.25, 0.3) is 11.1 Å². The second kappa shape index (κ2) is 4.45. The Bertz CT molecular complexity index is 491. The molecule has 2 N–H and O–H groups in total. The SMILES string of the molecule is Cn1ncc(-c2cccc(F)c2)c1CCN. The predicted octanol–water partition coefficient (Wildman–Crippen LogP) is 1.73. The van der Waals surface area contributed by atoms with Crippen LogP contribution < -0.4 is 5.73 Å². The number of hydrogen-bond donors (Lipinski definition) is 1. The topological polar surface area (TPSA) is 43.8 Å². The van der Waals surface area contributed by atoms with E-state index in [9.17, 15) is 4.39 Å². The highest BCUT2D eigenvalue weighted by Gasteiger charge is 2.10. The predicted molar refractivity (Wildman–Crippen MR) is 61.4 cm³/mol. The first kappa shape index (κ1) is 10.8. The number of hydrogen-bond acceptors (Lipinski definition) is 2. The van der Waals surface area contributed by atoms with E-state index in [1.807, 2.05) is 13.1 Å². The molecule has 0 fully saturated rings. The molecule has 0 unspecified atom stereocenters. The maximum atomic E-state index is 13.1. The van der Waals surface area contributed by atoms with Gasteiger partial charge in [0.1, 0.15) is 5.82 Å². The standard InChI is InChI=1S/C12H14FN3/c1-16-12(5-6-14)11(8-15-16)9-3-2-4-10(13)7-9/h2-4,7-8H,5-6,14H2,1H3. The van der Waals surface area contributed by atoms with E-state index in [0.29, 0.717) is 6.54 Å². The lowest BCUT2D eigenvalue weighted by Crippen LogP contribution is -2.08. The Morgan fingerprint density at radius 3 is 2.94 bits per heavy atom. The molecule has 1 aromatic heterocycles. The molecule has 3 nitrogen and oxygen atoms in total. The molecule has 0 saturated carbocycles. The van der Waals surface area contributed by atoms with Crippen LogP contribution in [0.2, 0.25) is 0 Å². The van der Waals surface area contributed by atoms with E-state index >= 15 is 0 Å². The Hall–Kier alpha value is -1.68. The molecule has 1 heterocycles. The minimum atomic E-state index is -0.236. The molecule has 0 atom stereocenters. The second-order valence-corrected chi connectivity index (χ2v) is 3.68. The van der Waals surface area contributed by atoms with Crippen molar-refractivity contribution in [1.29, 1.82) is 0 Å². The Morgan fingerprint density at radius 1 is 1.44 bits per heavy atom. The Morgan fingerprint density at radius 2 is 2.25 bits per heavy atom. The van der Waals surface area contributed by atoms with Gasteiger partial charge in [-0.15, -0.1) is 0 Å². The van der Waals surface area contributed by atoms with Gasteiger partial charge in [0.05, 0.1) is 6.20 Å². The van der Waals surface area contributed by atoms with E-state index in [-0.39, 0.29) is 5.82 Å². The van der Waals surface area contributed by atoms with Crippen LogP contribution in [0.1, 0.15) is 5.69 Å². The van der Waals surface area contributed by atoms with Gasteiger partial charge in [-0.2, -0.15) is 5.10 Å². The normalized spacial score (nSPS) is 10.7. The molecule has 0 saturated heterocycles. The molecule has 2 rings (SSSR count). The molecule has 0 bridgehead atoms. The molecule has 16 heavy (non-hydrogen) atoms. The summed E-state index contributed by atoms with van der Waals surface area (Å²) >= 11 is 0. The number of aromatic nitrogens is 2.